The fourth-order valence-corrected chi connectivity index (χ4v) is 4.36. The molecule has 0 spiro atoms. The summed E-state index contributed by atoms with van der Waals surface area (Å²) in [5.74, 6) is 0.127. The first-order valence-electron chi connectivity index (χ1n) is 11.3. The number of para-hydroxylation sites is 2. The summed E-state index contributed by atoms with van der Waals surface area (Å²) >= 11 is 7.29. The lowest BCUT2D eigenvalue weighted by Gasteiger charge is -2.19. The maximum Gasteiger partial charge on any atom is 0.320 e. The van der Waals surface area contributed by atoms with Gasteiger partial charge in [0.05, 0.1) is 12.3 Å². The van der Waals surface area contributed by atoms with E-state index in [2.05, 4.69) is 26.1 Å². The number of carbonyl (C=O) groups is 2. The molecule has 4 rings (SSSR count). The van der Waals surface area contributed by atoms with Gasteiger partial charge in [0.15, 0.2) is 0 Å². The third-order valence-electron chi connectivity index (χ3n) is 5.07. The Morgan fingerprint density at radius 3 is 2.53 bits per heavy atom. The van der Waals surface area contributed by atoms with Gasteiger partial charge in [0, 0.05) is 17.0 Å². The Kier molecular flexibility index (Phi) is 8.48. The number of nitrogens with zero attached hydrogens (tertiary/aromatic N) is 2. The molecule has 3 N–H and O–H groups in total. The Balaban J connectivity index is 1.48. The lowest BCUT2D eigenvalue weighted by Crippen LogP contribution is -2.47. The van der Waals surface area contributed by atoms with Crippen molar-refractivity contribution in [2.24, 2.45) is 0 Å². The Hall–Kier alpha value is -3.95. The number of halogens is 1. The SMILES string of the molecule is CCOc1ccccc1NC(=O)N[C@H](Cc1ccccc1)C(=O)Nc1nnc(-c2cccc(Cl)c2)s1. The summed E-state index contributed by atoms with van der Waals surface area (Å²) in [6.45, 7) is 2.32. The highest BCUT2D eigenvalue weighted by molar-refractivity contribution is 7.18. The van der Waals surface area contributed by atoms with E-state index < -0.39 is 18.0 Å². The van der Waals surface area contributed by atoms with Crippen LogP contribution in [0.5, 0.6) is 5.75 Å². The highest BCUT2D eigenvalue weighted by Crippen LogP contribution is 2.28. The van der Waals surface area contributed by atoms with E-state index in [1.165, 1.54) is 11.3 Å². The van der Waals surface area contributed by atoms with E-state index in [1.54, 1.807) is 30.3 Å². The van der Waals surface area contributed by atoms with E-state index in [9.17, 15) is 9.59 Å². The van der Waals surface area contributed by atoms with Gasteiger partial charge in [-0.3, -0.25) is 10.1 Å². The summed E-state index contributed by atoms with van der Waals surface area (Å²) in [5, 5.41) is 18.1. The van der Waals surface area contributed by atoms with Crippen molar-refractivity contribution in [1.29, 1.82) is 0 Å². The average Bonchev–Trinajstić information content (AvgIpc) is 3.34. The normalized spacial score (nSPS) is 11.4. The smallest absolute Gasteiger partial charge is 0.320 e. The third kappa shape index (κ3) is 6.80. The molecule has 0 aliphatic rings. The monoisotopic (exact) mass is 521 g/mol. The molecule has 4 aromatic rings. The van der Waals surface area contributed by atoms with Crippen LogP contribution in [0.25, 0.3) is 10.6 Å². The van der Waals surface area contributed by atoms with Gasteiger partial charge < -0.3 is 15.4 Å². The molecular formula is C26H24ClN5O3S. The molecule has 0 aliphatic carbocycles. The predicted molar refractivity (Wildman–Crippen MR) is 143 cm³/mol. The van der Waals surface area contributed by atoms with E-state index >= 15 is 0 Å². The summed E-state index contributed by atoms with van der Waals surface area (Å²) in [5.41, 5.74) is 2.20. The molecule has 0 unspecified atom stereocenters. The highest BCUT2D eigenvalue weighted by Gasteiger charge is 2.23. The number of rotatable bonds is 9. The van der Waals surface area contributed by atoms with Crippen molar-refractivity contribution >= 4 is 45.7 Å². The minimum absolute atomic E-state index is 0.285. The van der Waals surface area contributed by atoms with Crippen LogP contribution in [-0.2, 0) is 11.2 Å². The molecule has 0 bridgehead atoms. The molecular weight excluding hydrogens is 498 g/mol. The molecule has 0 saturated heterocycles. The van der Waals surface area contributed by atoms with Crippen molar-refractivity contribution < 1.29 is 14.3 Å². The molecule has 8 nitrogen and oxygen atoms in total. The standard InChI is InChI=1S/C26H24ClN5O3S/c1-2-35-22-14-7-6-13-20(22)28-25(34)29-21(15-17-9-4-3-5-10-17)23(33)30-26-32-31-24(36-26)18-11-8-12-19(27)16-18/h3-14,16,21H,2,15H2,1H3,(H2,28,29,34)(H,30,32,33)/t21-/m1/s1. The zero-order valence-electron chi connectivity index (χ0n) is 19.4. The van der Waals surface area contributed by atoms with Gasteiger partial charge in [-0.2, -0.15) is 0 Å². The molecule has 184 valence electrons. The molecule has 3 aromatic carbocycles. The Labute approximate surface area is 217 Å². The number of hydrogen-bond acceptors (Lipinski definition) is 6. The first-order chi connectivity index (χ1) is 17.5. The van der Waals surface area contributed by atoms with Crippen molar-refractivity contribution in [3.05, 3.63) is 89.4 Å². The zero-order valence-corrected chi connectivity index (χ0v) is 21.0. The molecule has 0 radical (unpaired) electrons. The van der Waals surface area contributed by atoms with Crippen molar-refractivity contribution in [3.63, 3.8) is 0 Å². The van der Waals surface area contributed by atoms with Crippen LogP contribution < -0.4 is 20.7 Å². The topological polar surface area (TPSA) is 105 Å². The van der Waals surface area contributed by atoms with Crippen LogP contribution in [-0.4, -0.2) is 34.8 Å². The summed E-state index contributed by atoms with van der Waals surface area (Å²) in [6.07, 6.45) is 0.285. The summed E-state index contributed by atoms with van der Waals surface area (Å²) < 4.78 is 5.57. The fraction of sp³-hybridized carbons (Fsp3) is 0.154. The quantitative estimate of drug-likeness (QED) is 0.265. The average molecular weight is 522 g/mol. The minimum atomic E-state index is -0.870. The second-order valence-corrected chi connectivity index (χ2v) is 9.10. The van der Waals surface area contributed by atoms with Crippen LogP contribution in [0.1, 0.15) is 12.5 Å². The first-order valence-corrected chi connectivity index (χ1v) is 12.4. The van der Waals surface area contributed by atoms with Gasteiger partial charge in [0.1, 0.15) is 16.8 Å². The van der Waals surface area contributed by atoms with E-state index in [4.69, 9.17) is 16.3 Å². The van der Waals surface area contributed by atoms with Crippen molar-refractivity contribution in [1.82, 2.24) is 15.5 Å². The second-order valence-electron chi connectivity index (χ2n) is 7.68. The van der Waals surface area contributed by atoms with Crippen LogP contribution in [0.15, 0.2) is 78.9 Å². The molecule has 0 saturated carbocycles. The van der Waals surface area contributed by atoms with Crippen LogP contribution >= 0.6 is 22.9 Å². The third-order valence-corrected chi connectivity index (χ3v) is 6.19. The number of aromatic nitrogens is 2. The molecule has 3 amide bonds. The largest absolute Gasteiger partial charge is 0.492 e. The van der Waals surface area contributed by atoms with Crippen LogP contribution in [0.4, 0.5) is 15.6 Å². The summed E-state index contributed by atoms with van der Waals surface area (Å²) in [6, 6.07) is 22.4. The maximum atomic E-state index is 13.2. The minimum Gasteiger partial charge on any atom is -0.492 e. The molecule has 1 heterocycles. The van der Waals surface area contributed by atoms with Crippen molar-refractivity contribution in [2.45, 2.75) is 19.4 Å². The van der Waals surface area contributed by atoms with E-state index in [1.807, 2.05) is 55.5 Å². The van der Waals surface area contributed by atoms with Gasteiger partial charge in [-0.1, -0.05) is 77.5 Å². The maximum absolute atomic E-state index is 13.2. The fourth-order valence-electron chi connectivity index (χ4n) is 3.43. The van der Waals surface area contributed by atoms with Crippen molar-refractivity contribution in [2.75, 3.05) is 17.2 Å². The van der Waals surface area contributed by atoms with Gasteiger partial charge in [-0.25, -0.2) is 4.79 Å². The summed E-state index contributed by atoms with van der Waals surface area (Å²) in [7, 11) is 0. The number of amides is 3. The van der Waals surface area contributed by atoms with Crippen molar-refractivity contribution in [3.8, 4) is 16.3 Å². The Bertz CT molecular complexity index is 1330. The predicted octanol–water partition coefficient (Wildman–Crippen LogP) is 5.63. The number of nitrogens with one attached hydrogen (secondary N) is 3. The lowest BCUT2D eigenvalue weighted by atomic mass is 10.1. The molecule has 36 heavy (non-hydrogen) atoms. The van der Waals surface area contributed by atoms with E-state index in [0.29, 0.717) is 33.2 Å². The molecule has 0 aliphatic heterocycles. The molecule has 1 atom stereocenters. The summed E-state index contributed by atoms with van der Waals surface area (Å²) in [4.78, 5) is 26.1. The van der Waals surface area contributed by atoms with Crippen LogP contribution in [0.2, 0.25) is 5.02 Å². The second kappa shape index (κ2) is 12.1. The Morgan fingerprint density at radius 1 is 0.972 bits per heavy atom. The first kappa shape index (κ1) is 25.2. The van der Waals surface area contributed by atoms with Gasteiger partial charge >= 0.3 is 6.03 Å². The highest BCUT2D eigenvalue weighted by atomic mass is 35.5. The number of carbonyl (C=O) groups excluding carboxylic acids is 2. The number of hydrogen-bond donors (Lipinski definition) is 3. The number of anilines is 2. The van der Waals surface area contributed by atoms with Gasteiger partial charge in [-0.15, -0.1) is 10.2 Å². The van der Waals surface area contributed by atoms with E-state index in [-0.39, 0.29) is 6.42 Å². The zero-order chi connectivity index (χ0) is 25.3. The Morgan fingerprint density at radius 2 is 1.75 bits per heavy atom. The van der Waals surface area contributed by atoms with Gasteiger partial charge in [0.2, 0.25) is 11.0 Å². The van der Waals surface area contributed by atoms with Gasteiger partial charge in [0.25, 0.3) is 0 Å². The molecule has 0 fully saturated rings. The number of ether oxygens (including phenoxy) is 1. The van der Waals surface area contributed by atoms with Crippen LogP contribution in [0.3, 0.4) is 0 Å². The van der Waals surface area contributed by atoms with E-state index in [0.717, 1.165) is 11.1 Å². The number of urea groups is 1. The number of benzene rings is 3. The van der Waals surface area contributed by atoms with Crippen LogP contribution in [0, 0.1) is 0 Å². The molecule has 1 aromatic heterocycles. The molecule has 10 heteroatoms. The van der Waals surface area contributed by atoms with Gasteiger partial charge in [-0.05, 0) is 36.8 Å². The lowest BCUT2D eigenvalue weighted by molar-refractivity contribution is -0.117.